The summed E-state index contributed by atoms with van der Waals surface area (Å²) in [6.45, 7) is 6.80. The zero-order valence-electron chi connectivity index (χ0n) is 15.2. The highest BCUT2D eigenvalue weighted by Gasteiger charge is 2.25. The lowest BCUT2D eigenvalue weighted by molar-refractivity contribution is 0.0746. The fourth-order valence-electron chi connectivity index (χ4n) is 3.25. The van der Waals surface area contributed by atoms with Crippen molar-refractivity contribution < 1.29 is 4.79 Å². The first-order valence-electron chi connectivity index (χ1n) is 8.66. The van der Waals surface area contributed by atoms with Crippen molar-refractivity contribution in [2.24, 2.45) is 7.05 Å². The molecule has 2 aromatic heterocycles. The van der Waals surface area contributed by atoms with E-state index in [1.807, 2.05) is 37.1 Å². The molecule has 4 rings (SSSR count). The molecule has 0 saturated carbocycles. The molecular weight excluding hydrogens is 330 g/mol. The van der Waals surface area contributed by atoms with E-state index in [4.69, 9.17) is 0 Å². The van der Waals surface area contributed by atoms with Gasteiger partial charge in [-0.25, -0.2) is 14.6 Å². The predicted octanol–water partition coefficient (Wildman–Crippen LogP) is 1.34. The number of rotatable bonds is 2. The number of hydrogen-bond donors (Lipinski definition) is 0. The second kappa shape index (κ2) is 6.36. The Morgan fingerprint density at radius 1 is 1.04 bits per heavy atom. The van der Waals surface area contributed by atoms with E-state index in [2.05, 4.69) is 32.1 Å². The summed E-state index contributed by atoms with van der Waals surface area (Å²) in [5.41, 5.74) is 4.50. The van der Waals surface area contributed by atoms with Crippen LogP contribution in [0.2, 0.25) is 0 Å². The number of piperazine rings is 1. The van der Waals surface area contributed by atoms with E-state index in [1.165, 1.54) is 11.9 Å². The number of nitrogens with zero attached hydrogens (tertiary/aromatic N) is 7. The predicted molar refractivity (Wildman–Crippen MR) is 98.1 cm³/mol. The van der Waals surface area contributed by atoms with Crippen LogP contribution in [0, 0.1) is 13.8 Å². The molecule has 0 unspecified atom stereocenters. The van der Waals surface area contributed by atoms with Gasteiger partial charge in [0.15, 0.2) is 17.0 Å². The second-order valence-corrected chi connectivity index (χ2v) is 6.66. The van der Waals surface area contributed by atoms with Gasteiger partial charge in [-0.05, 0) is 37.1 Å². The first kappa shape index (κ1) is 16.4. The van der Waals surface area contributed by atoms with Crippen molar-refractivity contribution in [3.63, 3.8) is 0 Å². The molecule has 0 aliphatic carbocycles. The van der Waals surface area contributed by atoms with Gasteiger partial charge in [0.1, 0.15) is 6.33 Å². The molecule has 26 heavy (non-hydrogen) atoms. The Labute approximate surface area is 151 Å². The first-order valence-corrected chi connectivity index (χ1v) is 8.66. The number of fused-ring (bicyclic) bond motifs is 1. The minimum Gasteiger partial charge on any atom is -0.351 e. The Kier molecular flexibility index (Phi) is 4.02. The smallest absolute Gasteiger partial charge is 0.253 e. The van der Waals surface area contributed by atoms with Gasteiger partial charge in [-0.15, -0.1) is 5.10 Å². The highest BCUT2D eigenvalue weighted by atomic mass is 16.2. The molecule has 8 nitrogen and oxygen atoms in total. The molecule has 1 aliphatic heterocycles. The van der Waals surface area contributed by atoms with E-state index in [-0.39, 0.29) is 5.91 Å². The Hall–Kier alpha value is -3.03. The van der Waals surface area contributed by atoms with Crippen molar-refractivity contribution in [3.05, 3.63) is 41.2 Å². The van der Waals surface area contributed by atoms with Crippen LogP contribution in [0.1, 0.15) is 21.5 Å². The maximum atomic E-state index is 12.8. The van der Waals surface area contributed by atoms with Crippen molar-refractivity contribution in [3.8, 4) is 0 Å². The molecular formula is C18H21N7O. The molecule has 0 N–H and O–H groups in total. The molecule has 1 fully saturated rings. The minimum absolute atomic E-state index is 0.0834. The first-order chi connectivity index (χ1) is 12.5. The van der Waals surface area contributed by atoms with Crippen molar-refractivity contribution in [2.75, 3.05) is 31.1 Å². The zero-order valence-corrected chi connectivity index (χ0v) is 15.2. The van der Waals surface area contributed by atoms with Gasteiger partial charge < -0.3 is 9.80 Å². The maximum Gasteiger partial charge on any atom is 0.253 e. The van der Waals surface area contributed by atoms with Crippen LogP contribution in [0.15, 0.2) is 24.5 Å². The van der Waals surface area contributed by atoms with Gasteiger partial charge in [0.2, 0.25) is 0 Å². The van der Waals surface area contributed by atoms with E-state index in [0.29, 0.717) is 37.3 Å². The third-order valence-corrected chi connectivity index (χ3v) is 4.99. The summed E-state index contributed by atoms with van der Waals surface area (Å²) in [7, 11) is 1.81. The van der Waals surface area contributed by atoms with E-state index in [0.717, 1.165) is 16.9 Å². The monoisotopic (exact) mass is 351 g/mol. The number of hydrogen-bond acceptors (Lipinski definition) is 6. The van der Waals surface area contributed by atoms with E-state index < -0.39 is 0 Å². The molecule has 1 amide bonds. The SMILES string of the molecule is Cc1ccc(C(=O)N2CCN(c3ncnc4c3nnn4C)CC2)cc1C. The molecule has 0 spiro atoms. The number of benzene rings is 1. The molecule has 1 saturated heterocycles. The minimum atomic E-state index is 0.0834. The standard InChI is InChI=1S/C18H21N7O/c1-12-4-5-14(10-13(12)2)18(26)25-8-6-24(7-9-25)17-15-16(19-11-20-17)23(3)22-21-15/h4-5,10-11H,6-9H2,1-3H3. The summed E-state index contributed by atoms with van der Waals surface area (Å²) in [6, 6.07) is 5.88. The van der Waals surface area contributed by atoms with Crippen LogP contribution in [-0.2, 0) is 7.05 Å². The molecule has 0 radical (unpaired) electrons. The normalized spacial score (nSPS) is 14.9. The van der Waals surface area contributed by atoms with Gasteiger partial charge in [0, 0.05) is 38.8 Å². The van der Waals surface area contributed by atoms with Gasteiger partial charge in [0.25, 0.3) is 5.91 Å². The average Bonchev–Trinajstić information content (AvgIpc) is 3.05. The number of aryl methyl sites for hydroxylation is 3. The van der Waals surface area contributed by atoms with Crippen LogP contribution in [0.3, 0.4) is 0 Å². The van der Waals surface area contributed by atoms with E-state index in [1.54, 1.807) is 4.68 Å². The molecule has 134 valence electrons. The quantitative estimate of drug-likeness (QED) is 0.693. The summed E-state index contributed by atoms with van der Waals surface area (Å²) in [4.78, 5) is 25.4. The Bertz CT molecular complexity index is 973. The van der Waals surface area contributed by atoms with Crippen molar-refractivity contribution in [2.45, 2.75) is 13.8 Å². The average molecular weight is 351 g/mol. The topological polar surface area (TPSA) is 80.0 Å². The van der Waals surface area contributed by atoms with Crippen molar-refractivity contribution in [1.29, 1.82) is 0 Å². The zero-order chi connectivity index (χ0) is 18.3. The third-order valence-electron chi connectivity index (χ3n) is 4.99. The van der Waals surface area contributed by atoms with Crippen LogP contribution < -0.4 is 4.90 Å². The summed E-state index contributed by atoms with van der Waals surface area (Å²) in [6.07, 6.45) is 1.54. The highest BCUT2D eigenvalue weighted by molar-refractivity contribution is 5.94. The number of amides is 1. The van der Waals surface area contributed by atoms with Crippen molar-refractivity contribution in [1.82, 2.24) is 29.9 Å². The molecule has 0 bridgehead atoms. The summed E-state index contributed by atoms with van der Waals surface area (Å²) >= 11 is 0. The Balaban J connectivity index is 1.50. The lowest BCUT2D eigenvalue weighted by Crippen LogP contribution is -2.49. The summed E-state index contributed by atoms with van der Waals surface area (Å²) in [5.74, 6) is 0.862. The largest absolute Gasteiger partial charge is 0.351 e. The number of carbonyl (C=O) groups excluding carboxylic acids is 1. The fraction of sp³-hybridized carbons (Fsp3) is 0.389. The number of aromatic nitrogens is 5. The van der Waals surface area contributed by atoms with Gasteiger partial charge in [-0.3, -0.25) is 4.79 Å². The Morgan fingerprint density at radius 3 is 2.54 bits per heavy atom. The van der Waals surface area contributed by atoms with Gasteiger partial charge in [0.05, 0.1) is 0 Å². The van der Waals surface area contributed by atoms with Crippen LogP contribution in [0.25, 0.3) is 11.2 Å². The van der Waals surface area contributed by atoms with Crippen LogP contribution in [0.5, 0.6) is 0 Å². The number of anilines is 1. The third kappa shape index (κ3) is 2.77. The highest BCUT2D eigenvalue weighted by Crippen LogP contribution is 2.22. The lowest BCUT2D eigenvalue weighted by atomic mass is 10.1. The van der Waals surface area contributed by atoms with Crippen LogP contribution in [-0.4, -0.2) is 61.9 Å². The molecule has 8 heteroatoms. The van der Waals surface area contributed by atoms with E-state index in [9.17, 15) is 4.79 Å². The van der Waals surface area contributed by atoms with Crippen LogP contribution in [0.4, 0.5) is 5.82 Å². The van der Waals surface area contributed by atoms with Gasteiger partial charge >= 0.3 is 0 Å². The van der Waals surface area contributed by atoms with Gasteiger partial charge in [-0.2, -0.15) is 0 Å². The molecule has 1 aliphatic rings. The summed E-state index contributed by atoms with van der Waals surface area (Å²) < 4.78 is 1.64. The lowest BCUT2D eigenvalue weighted by Gasteiger charge is -2.35. The molecule has 1 aromatic carbocycles. The maximum absolute atomic E-state index is 12.8. The fourth-order valence-corrected chi connectivity index (χ4v) is 3.25. The molecule has 3 aromatic rings. The molecule has 3 heterocycles. The summed E-state index contributed by atoms with van der Waals surface area (Å²) in [5, 5.41) is 8.20. The van der Waals surface area contributed by atoms with Crippen LogP contribution >= 0.6 is 0 Å². The Morgan fingerprint density at radius 2 is 1.81 bits per heavy atom. The van der Waals surface area contributed by atoms with Crippen molar-refractivity contribution >= 4 is 22.9 Å². The van der Waals surface area contributed by atoms with E-state index >= 15 is 0 Å². The van der Waals surface area contributed by atoms with Gasteiger partial charge in [-0.1, -0.05) is 11.3 Å². The second-order valence-electron chi connectivity index (χ2n) is 6.66. The molecule has 0 atom stereocenters. The number of carbonyl (C=O) groups is 1.